The Balaban J connectivity index is 2.09. The Hall–Kier alpha value is -2.62. The van der Waals surface area contributed by atoms with Gasteiger partial charge in [-0.15, -0.1) is 10.2 Å². The molecular weight excluding hydrogens is 262 g/mol. The van der Waals surface area contributed by atoms with Crippen molar-refractivity contribution < 1.29 is 4.79 Å². The molecule has 1 heterocycles. The van der Waals surface area contributed by atoms with Crippen LogP contribution in [-0.4, -0.2) is 21.2 Å². The molecule has 0 amide bonds. The average molecular weight is 277 g/mol. The van der Waals surface area contributed by atoms with E-state index in [2.05, 4.69) is 15.4 Å². The Morgan fingerprint density at radius 1 is 1.00 bits per heavy atom. The molecule has 0 radical (unpaired) electrons. The molecule has 0 fully saturated rings. The van der Waals surface area contributed by atoms with Crippen molar-refractivity contribution in [3.63, 3.8) is 0 Å². The predicted octanol–water partition coefficient (Wildman–Crippen LogP) is 3.40. The van der Waals surface area contributed by atoms with Gasteiger partial charge in [-0.25, -0.2) is 0 Å². The monoisotopic (exact) mass is 277 g/mol. The van der Waals surface area contributed by atoms with E-state index in [1.54, 1.807) is 0 Å². The highest BCUT2D eigenvalue weighted by atomic mass is 16.1. The summed E-state index contributed by atoms with van der Waals surface area (Å²) in [5, 5.41) is 12.9. The van der Waals surface area contributed by atoms with E-state index >= 15 is 0 Å². The molecule has 0 aliphatic carbocycles. The highest BCUT2D eigenvalue weighted by Crippen LogP contribution is 2.27. The van der Waals surface area contributed by atoms with Crippen molar-refractivity contribution in [3.05, 3.63) is 65.9 Å². The maximum absolute atomic E-state index is 12.7. The van der Waals surface area contributed by atoms with Crippen LogP contribution in [0.3, 0.4) is 0 Å². The molecule has 0 spiro atoms. The van der Waals surface area contributed by atoms with Crippen LogP contribution in [0, 0.1) is 0 Å². The third-order valence-electron chi connectivity index (χ3n) is 3.60. The third kappa shape index (κ3) is 2.52. The standard InChI is InChI=1S/C17H15N3O/c1-2-13(17(21)12-8-4-3-5-9-12)16-14-10-6-7-11-15(14)18-20-19-16/h3-11,13H,2H2,1H3. The Bertz CT molecular complexity index is 766. The van der Waals surface area contributed by atoms with Crippen molar-refractivity contribution in [1.82, 2.24) is 15.4 Å². The lowest BCUT2D eigenvalue weighted by molar-refractivity contribution is 0.0955. The zero-order chi connectivity index (χ0) is 14.7. The normalized spacial score (nSPS) is 12.2. The number of carbonyl (C=O) groups excluding carboxylic acids is 1. The van der Waals surface area contributed by atoms with Crippen molar-refractivity contribution in [2.45, 2.75) is 19.3 Å². The molecule has 1 aromatic heterocycles. The summed E-state index contributed by atoms with van der Waals surface area (Å²) in [5.41, 5.74) is 2.17. The van der Waals surface area contributed by atoms with Crippen LogP contribution in [0.4, 0.5) is 0 Å². The van der Waals surface area contributed by atoms with Gasteiger partial charge in [0.05, 0.1) is 17.1 Å². The predicted molar refractivity (Wildman–Crippen MR) is 81.1 cm³/mol. The number of nitrogens with zero attached hydrogens (tertiary/aromatic N) is 3. The van der Waals surface area contributed by atoms with Gasteiger partial charge in [-0.2, -0.15) is 0 Å². The fraction of sp³-hybridized carbons (Fsp3) is 0.176. The number of aromatic nitrogens is 3. The van der Waals surface area contributed by atoms with E-state index in [1.807, 2.05) is 61.5 Å². The molecule has 0 saturated carbocycles. The molecule has 2 aromatic carbocycles. The number of ketones is 1. The van der Waals surface area contributed by atoms with E-state index in [9.17, 15) is 4.79 Å². The van der Waals surface area contributed by atoms with Crippen LogP contribution in [0.1, 0.15) is 35.3 Å². The van der Waals surface area contributed by atoms with Gasteiger partial charge in [-0.05, 0) is 17.7 Å². The van der Waals surface area contributed by atoms with Crippen molar-refractivity contribution >= 4 is 16.7 Å². The van der Waals surface area contributed by atoms with Gasteiger partial charge in [-0.3, -0.25) is 4.79 Å². The Labute approximate surface area is 122 Å². The minimum absolute atomic E-state index is 0.0729. The Kier molecular flexibility index (Phi) is 3.69. The molecule has 0 bridgehead atoms. The van der Waals surface area contributed by atoms with E-state index in [0.717, 1.165) is 10.9 Å². The van der Waals surface area contributed by atoms with Gasteiger partial charge in [0.1, 0.15) is 0 Å². The summed E-state index contributed by atoms with van der Waals surface area (Å²) in [4.78, 5) is 12.7. The number of Topliss-reactive ketones (excluding diaryl/α,β-unsaturated/α-hetero) is 1. The molecule has 1 unspecified atom stereocenters. The molecule has 104 valence electrons. The SMILES string of the molecule is CCC(C(=O)c1ccccc1)c1nnnc2ccccc12. The topological polar surface area (TPSA) is 55.7 Å². The second-order valence-corrected chi connectivity index (χ2v) is 4.88. The van der Waals surface area contributed by atoms with Crippen LogP contribution in [0.15, 0.2) is 54.6 Å². The molecule has 0 aliphatic heterocycles. The van der Waals surface area contributed by atoms with Gasteiger partial charge in [0.2, 0.25) is 0 Å². The van der Waals surface area contributed by atoms with Crippen molar-refractivity contribution in [3.8, 4) is 0 Å². The van der Waals surface area contributed by atoms with Gasteiger partial charge >= 0.3 is 0 Å². The maximum atomic E-state index is 12.7. The van der Waals surface area contributed by atoms with Crippen LogP contribution < -0.4 is 0 Å². The highest BCUT2D eigenvalue weighted by molar-refractivity contribution is 6.02. The van der Waals surface area contributed by atoms with Crippen molar-refractivity contribution in [1.29, 1.82) is 0 Å². The maximum Gasteiger partial charge on any atom is 0.171 e. The zero-order valence-electron chi connectivity index (χ0n) is 11.7. The molecule has 1 atom stereocenters. The Morgan fingerprint density at radius 2 is 1.71 bits per heavy atom. The van der Waals surface area contributed by atoms with Crippen LogP contribution in [0.25, 0.3) is 10.9 Å². The molecule has 21 heavy (non-hydrogen) atoms. The van der Waals surface area contributed by atoms with Crippen molar-refractivity contribution in [2.75, 3.05) is 0 Å². The van der Waals surface area contributed by atoms with Crippen LogP contribution in [-0.2, 0) is 0 Å². The number of benzene rings is 2. The molecule has 4 heteroatoms. The fourth-order valence-corrected chi connectivity index (χ4v) is 2.51. The average Bonchev–Trinajstić information content (AvgIpc) is 2.56. The molecule has 4 nitrogen and oxygen atoms in total. The quantitative estimate of drug-likeness (QED) is 0.686. The van der Waals surface area contributed by atoms with Crippen LogP contribution in [0.5, 0.6) is 0 Å². The number of fused-ring (bicyclic) bond motifs is 1. The van der Waals surface area contributed by atoms with Gasteiger partial charge in [-0.1, -0.05) is 55.5 Å². The van der Waals surface area contributed by atoms with E-state index in [0.29, 0.717) is 17.7 Å². The smallest absolute Gasteiger partial charge is 0.171 e. The van der Waals surface area contributed by atoms with E-state index in [1.165, 1.54) is 0 Å². The first-order valence-electron chi connectivity index (χ1n) is 6.98. The lowest BCUT2D eigenvalue weighted by atomic mass is 9.90. The summed E-state index contributed by atoms with van der Waals surface area (Å²) in [6.07, 6.45) is 0.677. The molecule has 0 saturated heterocycles. The first-order chi connectivity index (χ1) is 10.3. The third-order valence-corrected chi connectivity index (χ3v) is 3.60. The number of rotatable bonds is 4. The summed E-state index contributed by atoms with van der Waals surface area (Å²) in [7, 11) is 0. The molecule has 0 N–H and O–H groups in total. The molecule has 3 rings (SSSR count). The van der Waals surface area contributed by atoms with Crippen LogP contribution in [0.2, 0.25) is 0 Å². The number of hydrogen-bond acceptors (Lipinski definition) is 4. The molecule has 3 aromatic rings. The molecule has 0 aliphatic rings. The lowest BCUT2D eigenvalue weighted by Crippen LogP contribution is -2.15. The highest BCUT2D eigenvalue weighted by Gasteiger charge is 2.24. The largest absolute Gasteiger partial charge is 0.293 e. The van der Waals surface area contributed by atoms with Gasteiger partial charge in [0.25, 0.3) is 0 Å². The zero-order valence-corrected chi connectivity index (χ0v) is 11.7. The second-order valence-electron chi connectivity index (χ2n) is 4.88. The number of hydrogen-bond donors (Lipinski definition) is 0. The summed E-state index contributed by atoms with van der Waals surface area (Å²) in [6.45, 7) is 1.99. The Morgan fingerprint density at radius 3 is 2.48 bits per heavy atom. The van der Waals surface area contributed by atoms with Crippen LogP contribution >= 0.6 is 0 Å². The lowest BCUT2D eigenvalue weighted by Gasteiger charge is -2.14. The van der Waals surface area contributed by atoms with E-state index < -0.39 is 0 Å². The first kappa shape index (κ1) is 13.4. The first-order valence-corrected chi connectivity index (χ1v) is 6.98. The van der Waals surface area contributed by atoms with Gasteiger partial charge < -0.3 is 0 Å². The second kappa shape index (κ2) is 5.79. The summed E-state index contributed by atoms with van der Waals surface area (Å²) < 4.78 is 0. The van der Waals surface area contributed by atoms with E-state index in [-0.39, 0.29) is 11.7 Å². The van der Waals surface area contributed by atoms with Crippen molar-refractivity contribution in [2.24, 2.45) is 0 Å². The van der Waals surface area contributed by atoms with Gasteiger partial charge in [0, 0.05) is 10.9 Å². The minimum Gasteiger partial charge on any atom is -0.293 e. The summed E-state index contributed by atoms with van der Waals surface area (Å²) in [6, 6.07) is 17.0. The summed E-state index contributed by atoms with van der Waals surface area (Å²) >= 11 is 0. The molecular formula is C17H15N3O. The summed E-state index contributed by atoms with van der Waals surface area (Å²) in [5.74, 6) is -0.225. The van der Waals surface area contributed by atoms with E-state index in [4.69, 9.17) is 0 Å². The minimum atomic E-state index is -0.298. The van der Waals surface area contributed by atoms with Gasteiger partial charge in [0.15, 0.2) is 5.78 Å². The number of carbonyl (C=O) groups is 1. The fourth-order valence-electron chi connectivity index (χ4n) is 2.51.